The number of piperazine rings is 1. The average Bonchev–Trinajstić information content (AvgIpc) is 2.82. The van der Waals surface area contributed by atoms with Crippen LogP contribution in [0.3, 0.4) is 0 Å². The van der Waals surface area contributed by atoms with Crippen molar-refractivity contribution in [2.45, 2.75) is 38.8 Å². The van der Waals surface area contributed by atoms with Gasteiger partial charge in [0.2, 0.25) is 5.91 Å². The van der Waals surface area contributed by atoms with Gasteiger partial charge in [0.25, 0.3) is 0 Å². The standard InChI is InChI=1S/C17H29N5O2.3ClH/c1-13-15(14(2)20(3)19-13)12-21-6-8-22(9-7-21)16(23)17(18)4-10-24-11-5-17;;;/h4-12,18H2,1-3H3;3*1H. The summed E-state index contributed by atoms with van der Waals surface area (Å²) < 4.78 is 7.28. The second-order valence-corrected chi connectivity index (χ2v) is 7.11. The van der Waals surface area contributed by atoms with Crippen LogP contribution < -0.4 is 5.73 Å². The van der Waals surface area contributed by atoms with Gasteiger partial charge in [0, 0.05) is 64.2 Å². The lowest BCUT2D eigenvalue weighted by atomic mass is 9.89. The molecule has 0 radical (unpaired) electrons. The number of ether oxygens (including phenoxy) is 1. The van der Waals surface area contributed by atoms with Gasteiger partial charge >= 0.3 is 0 Å². The lowest BCUT2D eigenvalue weighted by Crippen LogP contribution is -2.61. The van der Waals surface area contributed by atoms with Gasteiger partial charge in [0.1, 0.15) is 0 Å². The van der Waals surface area contributed by atoms with Gasteiger partial charge in [-0.3, -0.25) is 14.4 Å². The third kappa shape index (κ3) is 5.71. The maximum Gasteiger partial charge on any atom is 0.242 e. The number of nitrogens with two attached hydrogens (primary N) is 1. The van der Waals surface area contributed by atoms with E-state index in [0.717, 1.165) is 38.4 Å². The summed E-state index contributed by atoms with van der Waals surface area (Å²) in [6, 6.07) is 0. The first-order valence-corrected chi connectivity index (χ1v) is 8.78. The number of amides is 1. The maximum absolute atomic E-state index is 12.8. The van der Waals surface area contributed by atoms with Crippen molar-refractivity contribution in [3.05, 3.63) is 17.0 Å². The Bertz CT molecular complexity index is 612. The molecule has 0 unspecified atom stereocenters. The first kappa shape index (κ1) is 26.4. The summed E-state index contributed by atoms with van der Waals surface area (Å²) in [4.78, 5) is 17.1. The highest BCUT2D eigenvalue weighted by atomic mass is 35.5. The van der Waals surface area contributed by atoms with Crippen molar-refractivity contribution in [2.75, 3.05) is 39.4 Å². The Balaban J connectivity index is 0.00000225. The van der Waals surface area contributed by atoms with Crippen LogP contribution in [0, 0.1) is 13.8 Å². The number of nitrogens with zero attached hydrogens (tertiary/aromatic N) is 4. The molecule has 2 fully saturated rings. The zero-order chi connectivity index (χ0) is 17.3. The molecular formula is C17H32Cl3N5O2. The summed E-state index contributed by atoms with van der Waals surface area (Å²) in [5, 5.41) is 4.49. The highest BCUT2D eigenvalue weighted by Crippen LogP contribution is 2.22. The molecule has 0 aliphatic carbocycles. The fraction of sp³-hybridized carbons (Fsp3) is 0.765. The Hall–Kier alpha value is -0.570. The molecule has 2 aliphatic heterocycles. The molecule has 1 amide bonds. The highest BCUT2D eigenvalue weighted by Gasteiger charge is 2.39. The molecule has 0 spiro atoms. The van der Waals surface area contributed by atoms with Crippen molar-refractivity contribution < 1.29 is 9.53 Å². The minimum absolute atomic E-state index is 0. The van der Waals surface area contributed by atoms with E-state index in [-0.39, 0.29) is 43.1 Å². The van der Waals surface area contributed by atoms with E-state index >= 15 is 0 Å². The molecule has 1 aromatic rings. The number of halogens is 3. The van der Waals surface area contributed by atoms with Crippen molar-refractivity contribution in [3.63, 3.8) is 0 Å². The molecule has 0 bridgehead atoms. The van der Waals surface area contributed by atoms with Crippen LogP contribution in [0.4, 0.5) is 0 Å². The number of hydrogen-bond acceptors (Lipinski definition) is 5. The van der Waals surface area contributed by atoms with Crippen LogP contribution in [-0.2, 0) is 23.1 Å². The number of carbonyl (C=O) groups excluding carboxylic acids is 1. The quantitative estimate of drug-likeness (QED) is 0.763. The minimum atomic E-state index is -0.725. The van der Waals surface area contributed by atoms with Crippen molar-refractivity contribution in [3.8, 4) is 0 Å². The van der Waals surface area contributed by atoms with Gasteiger partial charge in [-0.2, -0.15) is 5.10 Å². The van der Waals surface area contributed by atoms with Gasteiger partial charge in [-0.1, -0.05) is 0 Å². The molecule has 158 valence electrons. The number of aromatic nitrogens is 2. The molecule has 10 heteroatoms. The Morgan fingerprint density at radius 3 is 2.15 bits per heavy atom. The van der Waals surface area contributed by atoms with E-state index in [4.69, 9.17) is 10.5 Å². The zero-order valence-corrected chi connectivity index (χ0v) is 18.7. The summed E-state index contributed by atoms with van der Waals surface area (Å²) in [7, 11) is 1.98. The largest absolute Gasteiger partial charge is 0.381 e. The van der Waals surface area contributed by atoms with Crippen molar-refractivity contribution in [1.29, 1.82) is 0 Å². The third-order valence-corrected chi connectivity index (χ3v) is 5.51. The van der Waals surface area contributed by atoms with E-state index < -0.39 is 5.54 Å². The molecule has 2 aliphatic rings. The summed E-state index contributed by atoms with van der Waals surface area (Å²) in [6.07, 6.45) is 1.25. The molecule has 0 atom stereocenters. The van der Waals surface area contributed by atoms with Crippen LogP contribution in [0.2, 0.25) is 0 Å². The first-order valence-electron chi connectivity index (χ1n) is 8.78. The zero-order valence-electron chi connectivity index (χ0n) is 16.3. The van der Waals surface area contributed by atoms with Crippen molar-refractivity contribution >= 4 is 43.1 Å². The lowest BCUT2D eigenvalue weighted by molar-refractivity contribution is -0.142. The molecular weight excluding hydrogens is 413 g/mol. The van der Waals surface area contributed by atoms with Gasteiger partial charge in [-0.15, -0.1) is 37.2 Å². The first-order chi connectivity index (χ1) is 11.4. The Labute approximate surface area is 180 Å². The molecule has 7 nitrogen and oxygen atoms in total. The molecule has 3 heterocycles. The van der Waals surface area contributed by atoms with Gasteiger partial charge in [0.05, 0.1) is 11.2 Å². The molecule has 27 heavy (non-hydrogen) atoms. The SMILES string of the molecule is Cc1nn(C)c(C)c1CN1CCN(C(=O)C2(N)CCOCC2)CC1.Cl.Cl.Cl. The van der Waals surface area contributed by atoms with Crippen LogP contribution in [0.15, 0.2) is 0 Å². The van der Waals surface area contributed by atoms with Gasteiger partial charge in [-0.05, 0) is 26.7 Å². The van der Waals surface area contributed by atoms with E-state index in [1.165, 1.54) is 11.3 Å². The van der Waals surface area contributed by atoms with Crippen LogP contribution in [0.1, 0.15) is 29.8 Å². The monoisotopic (exact) mass is 443 g/mol. The Morgan fingerprint density at radius 2 is 1.67 bits per heavy atom. The lowest BCUT2D eigenvalue weighted by Gasteiger charge is -2.41. The second kappa shape index (κ2) is 10.8. The van der Waals surface area contributed by atoms with Crippen LogP contribution in [0.5, 0.6) is 0 Å². The van der Waals surface area contributed by atoms with E-state index in [2.05, 4.69) is 23.8 Å². The smallest absolute Gasteiger partial charge is 0.242 e. The van der Waals surface area contributed by atoms with E-state index in [0.29, 0.717) is 26.1 Å². The van der Waals surface area contributed by atoms with Gasteiger partial charge < -0.3 is 15.4 Å². The summed E-state index contributed by atoms with van der Waals surface area (Å²) >= 11 is 0. The summed E-state index contributed by atoms with van der Waals surface area (Å²) in [5.41, 5.74) is 9.23. The van der Waals surface area contributed by atoms with Gasteiger partial charge in [0.15, 0.2) is 0 Å². The van der Waals surface area contributed by atoms with Gasteiger partial charge in [-0.25, -0.2) is 0 Å². The molecule has 2 N–H and O–H groups in total. The molecule has 0 saturated carbocycles. The van der Waals surface area contributed by atoms with Crippen LogP contribution in [0.25, 0.3) is 0 Å². The van der Waals surface area contributed by atoms with E-state index in [1.807, 2.05) is 16.6 Å². The average molecular weight is 445 g/mol. The predicted molar refractivity (Wildman–Crippen MR) is 113 cm³/mol. The highest BCUT2D eigenvalue weighted by molar-refractivity contribution is 5.86. The van der Waals surface area contributed by atoms with Crippen molar-refractivity contribution in [2.24, 2.45) is 12.8 Å². The Kier molecular flexibility index (Phi) is 10.6. The fourth-order valence-corrected chi connectivity index (χ4v) is 3.64. The number of aryl methyl sites for hydroxylation is 2. The normalized spacial score (nSPS) is 19.5. The summed E-state index contributed by atoms with van der Waals surface area (Å²) in [5.74, 6) is 0.0965. The van der Waals surface area contributed by atoms with Crippen LogP contribution >= 0.6 is 37.2 Å². The Morgan fingerprint density at radius 1 is 1.11 bits per heavy atom. The minimum Gasteiger partial charge on any atom is -0.381 e. The molecule has 3 rings (SSSR count). The van der Waals surface area contributed by atoms with Crippen molar-refractivity contribution in [1.82, 2.24) is 19.6 Å². The third-order valence-electron chi connectivity index (χ3n) is 5.51. The molecule has 1 aromatic heterocycles. The fourth-order valence-electron chi connectivity index (χ4n) is 3.64. The van der Waals surface area contributed by atoms with E-state index in [9.17, 15) is 4.79 Å². The number of carbonyl (C=O) groups is 1. The maximum atomic E-state index is 12.8. The molecule has 2 saturated heterocycles. The topological polar surface area (TPSA) is 76.6 Å². The van der Waals surface area contributed by atoms with E-state index in [1.54, 1.807) is 0 Å². The van der Waals surface area contributed by atoms with Crippen LogP contribution in [-0.4, -0.2) is 70.4 Å². The predicted octanol–water partition coefficient (Wildman–Crippen LogP) is 1.45. The number of hydrogen-bond donors (Lipinski definition) is 1. The number of rotatable bonds is 3. The second-order valence-electron chi connectivity index (χ2n) is 7.11. The molecule has 0 aromatic carbocycles. The summed E-state index contributed by atoms with van der Waals surface area (Å²) in [6.45, 7) is 9.49.